The molecule has 8 heteroatoms. The molecule has 0 saturated heterocycles. The molecule has 0 amide bonds. The highest BCUT2D eigenvalue weighted by atomic mass is 127. The van der Waals surface area contributed by atoms with Crippen LogP contribution in [0.25, 0.3) is 0 Å². The number of aliphatic imine (C=N–C) groups is 1. The van der Waals surface area contributed by atoms with E-state index in [-0.39, 0.29) is 35.5 Å². The van der Waals surface area contributed by atoms with Gasteiger partial charge in [-0.2, -0.15) is 8.78 Å². The summed E-state index contributed by atoms with van der Waals surface area (Å²) in [6.45, 7) is -2.40. The molecule has 20 heavy (non-hydrogen) atoms. The SMILES string of the molecule is CN=C(N)N(C)Cc1ccc(OC(F)F)c(OC)c1.I. The zero-order chi connectivity index (χ0) is 14.4. The van der Waals surface area contributed by atoms with Gasteiger partial charge in [-0.1, -0.05) is 6.07 Å². The second kappa shape index (κ2) is 8.77. The van der Waals surface area contributed by atoms with Crippen molar-refractivity contribution in [2.45, 2.75) is 13.2 Å². The lowest BCUT2D eigenvalue weighted by Gasteiger charge is -2.18. The van der Waals surface area contributed by atoms with Gasteiger partial charge in [0.25, 0.3) is 0 Å². The molecule has 0 unspecified atom stereocenters. The van der Waals surface area contributed by atoms with Crippen molar-refractivity contribution >= 4 is 29.9 Å². The van der Waals surface area contributed by atoms with Gasteiger partial charge in [-0.3, -0.25) is 4.99 Å². The van der Waals surface area contributed by atoms with E-state index in [0.29, 0.717) is 12.5 Å². The van der Waals surface area contributed by atoms with E-state index in [2.05, 4.69) is 9.73 Å². The number of halogens is 3. The molecule has 0 heterocycles. The molecule has 0 atom stereocenters. The van der Waals surface area contributed by atoms with E-state index < -0.39 is 6.61 Å². The maximum atomic E-state index is 12.2. The number of ether oxygens (including phenoxy) is 2. The van der Waals surface area contributed by atoms with Gasteiger partial charge in [0.2, 0.25) is 0 Å². The molecular weight excluding hydrogens is 383 g/mol. The average molecular weight is 401 g/mol. The quantitative estimate of drug-likeness (QED) is 0.468. The van der Waals surface area contributed by atoms with E-state index in [4.69, 9.17) is 10.5 Å². The normalized spacial score (nSPS) is 11.0. The molecule has 0 fully saturated rings. The summed E-state index contributed by atoms with van der Waals surface area (Å²) in [5.74, 6) is 0.631. The molecular formula is C12H18F2IN3O2. The predicted molar refractivity (Wildman–Crippen MR) is 84.1 cm³/mol. The van der Waals surface area contributed by atoms with Gasteiger partial charge in [0.05, 0.1) is 7.11 Å². The molecule has 0 spiro atoms. The summed E-state index contributed by atoms with van der Waals surface area (Å²) in [5, 5.41) is 0. The van der Waals surface area contributed by atoms with Crippen molar-refractivity contribution in [2.24, 2.45) is 10.7 Å². The monoisotopic (exact) mass is 401 g/mol. The first kappa shape index (κ1) is 18.7. The Morgan fingerprint density at radius 3 is 2.55 bits per heavy atom. The standard InChI is InChI=1S/C12H17F2N3O2.HI/c1-16-12(15)17(2)7-8-4-5-9(19-11(13)14)10(6-8)18-3;/h4-6,11H,7H2,1-3H3,(H2,15,16);1H. The van der Waals surface area contributed by atoms with Gasteiger partial charge in [0.1, 0.15) is 0 Å². The van der Waals surface area contributed by atoms with Crippen LogP contribution in [0, 0.1) is 0 Å². The van der Waals surface area contributed by atoms with Gasteiger partial charge in [-0.25, -0.2) is 0 Å². The van der Waals surface area contributed by atoms with E-state index in [1.54, 1.807) is 31.1 Å². The van der Waals surface area contributed by atoms with Crippen LogP contribution in [0.4, 0.5) is 8.78 Å². The number of benzene rings is 1. The van der Waals surface area contributed by atoms with Gasteiger partial charge in [-0.15, -0.1) is 24.0 Å². The molecule has 5 nitrogen and oxygen atoms in total. The maximum absolute atomic E-state index is 12.2. The van der Waals surface area contributed by atoms with Gasteiger partial charge in [0.15, 0.2) is 17.5 Å². The molecule has 114 valence electrons. The average Bonchev–Trinajstić information content (AvgIpc) is 2.38. The minimum atomic E-state index is -2.88. The second-order valence-corrected chi connectivity index (χ2v) is 3.80. The number of hydrogen-bond acceptors (Lipinski definition) is 3. The molecule has 1 aromatic rings. The van der Waals surface area contributed by atoms with Crippen molar-refractivity contribution in [3.63, 3.8) is 0 Å². The van der Waals surface area contributed by atoms with E-state index in [1.165, 1.54) is 13.2 Å². The van der Waals surface area contributed by atoms with Crippen LogP contribution in [-0.4, -0.2) is 38.7 Å². The molecule has 0 radical (unpaired) electrons. The topological polar surface area (TPSA) is 60.1 Å². The highest BCUT2D eigenvalue weighted by Gasteiger charge is 2.12. The van der Waals surface area contributed by atoms with Crippen molar-refractivity contribution in [1.29, 1.82) is 0 Å². The van der Waals surface area contributed by atoms with Gasteiger partial charge in [-0.05, 0) is 17.7 Å². The minimum Gasteiger partial charge on any atom is -0.493 e. The number of methoxy groups -OCH3 is 1. The largest absolute Gasteiger partial charge is 0.493 e. The first-order chi connectivity index (χ1) is 8.97. The summed E-state index contributed by atoms with van der Waals surface area (Å²) in [6.07, 6.45) is 0. The number of guanidine groups is 1. The molecule has 0 bridgehead atoms. The summed E-state index contributed by atoms with van der Waals surface area (Å²) in [4.78, 5) is 5.57. The summed E-state index contributed by atoms with van der Waals surface area (Å²) in [7, 11) is 4.76. The maximum Gasteiger partial charge on any atom is 0.387 e. The van der Waals surface area contributed by atoms with Crippen molar-refractivity contribution < 1.29 is 18.3 Å². The Bertz CT molecular complexity index is 458. The zero-order valence-corrected chi connectivity index (χ0v) is 13.8. The molecule has 0 aromatic heterocycles. The Hall–Kier alpha value is -1.32. The van der Waals surface area contributed by atoms with Crippen molar-refractivity contribution in [3.05, 3.63) is 23.8 Å². The van der Waals surface area contributed by atoms with E-state index >= 15 is 0 Å². The molecule has 0 aliphatic heterocycles. The van der Waals surface area contributed by atoms with Crippen LogP contribution in [0.5, 0.6) is 11.5 Å². The van der Waals surface area contributed by atoms with Crippen LogP contribution in [0.2, 0.25) is 0 Å². The third-order valence-electron chi connectivity index (χ3n) is 2.48. The van der Waals surface area contributed by atoms with Crippen LogP contribution >= 0.6 is 24.0 Å². The lowest BCUT2D eigenvalue weighted by atomic mass is 10.2. The fraction of sp³-hybridized carbons (Fsp3) is 0.417. The second-order valence-electron chi connectivity index (χ2n) is 3.80. The molecule has 0 aliphatic rings. The van der Waals surface area contributed by atoms with Crippen molar-refractivity contribution in [1.82, 2.24) is 4.90 Å². The molecule has 1 aromatic carbocycles. The Balaban J connectivity index is 0.00000361. The van der Waals surface area contributed by atoms with Crippen LogP contribution in [0.15, 0.2) is 23.2 Å². The Morgan fingerprint density at radius 1 is 1.40 bits per heavy atom. The van der Waals surface area contributed by atoms with Gasteiger partial charge >= 0.3 is 6.61 Å². The first-order valence-corrected chi connectivity index (χ1v) is 5.53. The van der Waals surface area contributed by atoms with E-state index in [1.807, 2.05) is 0 Å². The number of rotatable bonds is 5. The van der Waals surface area contributed by atoms with Crippen molar-refractivity contribution in [3.8, 4) is 11.5 Å². The van der Waals surface area contributed by atoms with Crippen LogP contribution in [-0.2, 0) is 6.54 Å². The minimum absolute atomic E-state index is 0. The predicted octanol–water partition coefficient (Wildman–Crippen LogP) is 2.29. The van der Waals surface area contributed by atoms with Gasteiger partial charge < -0.3 is 20.1 Å². The zero-order valence-electron chi connectivity index (χ0n) is 11.5. The summed E-state index contributed by atoms with van der Waals surface area (Å²) < 4.78 is 33.7. The number of hydrogen-bond donors (Lipinski definition) is 1. The lowest BCUT2D eigenvalue weighted by molar-refractivity contribution is -0.0512. The third-order valence-corrected chi connectivity index (χ3v) is 2.48. The van der Waals surface area contributed by atoms with E-state index in [0.717, 1.165) is 5.56 Å². The summed E-state index contributed by atoms with van der Waals surface area (Å²) in [6, 6.07) is 4.73. The smallest absolute Gasteiger partial charge is 0.387 e. The lowest BCUT2D eigenvalue weighted by Crippen LogP contribution is -2.33. The van der Waals surface area contributed by atoms with Crippen LogP contribution in [0.3, 0.4) is 0 Å². The number of nitrogens with zero attached hydrogens (tertiary/aromatic N) is 2. The molecule has 0 saturated carbocycles. The first-order valence-electron chi connectivity index (χ1n) is 5.53. The molecule has 2 N–H and O–H groups in total. The Kier molecular flexibility index (Phi) is 8.19. The molecule has 0 aliphatic carbocycles. The van der Waals surface area contributed by atoms with E-state index in [9.17, 15) is 8.78 Å². The Morgan fingerprint density at radius 2 is 2.05 bits per heavy atom. The molecule has 1 rings (SSSR count). The highest BCUT2D eigenvalue weighted by molar-refractivity contribution is 14.0. The summed E-state index contributed by atoms with van der Waals surface area (Å²) >= 11 is 0. The number of alkyl halides is 2. The third kappa shape index (κ3) is 5.35. The number of nitrogens with two attached hydrogens (primary N) is 1. The highest BCUT2D eigenvalue weighted by Crippen LogP contribution is 2.29. The van der Waals surface area contributed by atoms with Crippen molar-refractivity contribution in [2.75, 3.05) is 21.2 Å². The Labute approximate surface area is 133 Å². The van der Waals surface area contributed by atoms with Crippen LogP contribution in [0.1, 0.15) is 5.56 Å². The van der Waals surface area contributed by atoms with Crippen LogP contribution < -0.4 is 15.2 Å². The van der Waals surface area contributed by atoms with Gasteiger partial charge in [0, 0.05) is 20.6 Å². The summed E-state index contributed by atoms with van der Waals surface area (Å²) in [5.41, 5.74) is 6.49. The fourth-order valence-corrected chi connectivity index (χ4v) is 1.53. The fourth-order valence-electron chi connectivity index (χ4n) is 1.53.